The molecule has 0 aliphatic rings. The Hall–Kier alpha value is -3.56. The molecule has 7 aromatic rings. The van der Waals surface area contributed by atoms with Crippen LogP contribution >= 0.6 is 11.8 Å². The second-order valence-corrected chi connectivity index (χ2v) is 9.75. The van der Waals surface area contributed by atoms with Gasteiger partial charge in [-0.2, -0.15) is 0 Å². The number of benzene rings is 4. The van der Waals surface area contributed by atoms with Crippen LogP contribution in [-0.4, -0.2) is 4.40 Å². The lowest BCUT2D eigenvalue weighted by molar-refractivity contribution is -0.643. The fourth-order valence-electron chi connectivity index (χ4n) is 5.31. The van der Waals surface area contributed by atoms with Gasteiger partial charge in [0.15, 0.2) is 6.20 Å². The highest BCUT2D eigenvalue weighted by atomic mass is 32.2. The van der Waals surface area contributed by atoms with Gasteiger partial charge in [-0.3, -0.25) is 0 Å². The maximum atomic E-state index is 2.50. The van der Waals surface area contributed by atoms with E-state index in [1.165, 1.54) is 64.4 Å². The molecule has 0 bridgehead atoms. The molecular weight excluding hydrogens is 408 g/mol. The molecule has 7 rings (SSSR count). The summed E-state index contributed by atoms with van der Waals surface area (Å²) in [6, 6.07) is 31.0. The summed E-state index contributed by atoms with van der Waals surface area (Å²) in [5, 5.41) is 6.60. The quantitative estimate of drug-likeness (QED) is 0.159. The van der Waals surface area contributed by atoms with E-state index < -0.39 is 0 Å². The van der Waals surface area contributed by atoms with E-state index in [1.54, 1.807) is 0 Å². The van der Waals surface area contributed by atoms with Crippen LogP contribution in [0.5, 0.6) is 0 Å². The first kappa shape index (κ1) is 18.1. The van der Waals surface area contributed by atoms with Crippen LogP contribution in [0, 0.1) is 6.92 Å². The highest BCUT2D eigenvalue weighted by Crippen LogP contribution is 2.41. The number of fused-ring (bicyclic) bond motifs is 5. The van der Waals surface area contributed by atoms with E-state index in [1.807, 2.05) is 11.8 Å². The number of hydrogen-bond acceptors (Lipinski definition) is 1. The van der Waals surface area contributed by atoms with Gasteiger partial charge in [0.1, 0.15) is 7.05 Å². The second kappa shape index (κ2) is 6.47. The average Bonchev–Trinajstić information content (AvgIpc) is 3.14. The summed E-state index contributed by atoms with van der Waals surface area (Å²) in [6.45, 7) is 2.24. The van der Waals surface area contributed by atoms with Gasteiger partial charge in [-0.15, -0.1) is 0 Å². The largest absolute Gasteiger partial charge is 0.307 e. The fraction of sp³-hybridized carbons (Fsp3) is 0.0690. The first-order chi connectivity index (χ1) is 15.7. The average molecular weight is 430 g/mol. The Bertz CT molecular complexity index is 1810. The number of hydrogen-bond donors (Lipinski definition) is 0. The van der Waals surface area contributed by atoms with E-state index in [-0.39, 0.29) is 0 Å². The minimum absolute atomic E-state index is 1.26. The van der Waals surface area contributed by atoms with Crippen LogP contribution < -0.4 is 4.57 Å². The predicted molar refractivity (Wildman–Crippen MR) is 135 cm³/mol. The van der Waals surface area contributed by atoms with Crippen LogP contribution in [0.4, 0.5) is 0 Å². The zero-order valence-electron chi connectivity index (χ0n) is 18.0. The molecule has 32 heavy (non-hydrogen) atoms. The van der Waals surface area contributed by atoms with Crippen molar-refractivity contribution in [3.8, 4) is 0 Å². The minimum atomic E-state index is 1.26. The molecule has 152 valence electrons. The Morgan fingerprint density at radius 1 is 0.719 bits per heavy atom. The molecule has 2 nitrogen and oxygen atoms in total. The Balaban J connectivity index is 1.69. The van der Waals surface area contributed by atoms with Crippen molar-refractivity contribution in [2.45, 2.75) is 16.7 Å². The number of aromatic nitrogens is 2. The monoisotopic (exact) mass is 429 g/mol. The summed E-state index contributed by atoms with van der Waals surface area (Å²) in [6.07, 6.45) is 2.19. The fourth-order valence-corrected chi connectivity index (χ4v) is 6.18. The number of aryl methyl sites for hydroxylation is 2. The van der Waals surface area contributed by atoms with Gasteiger partial charge in [0, 0.05) is 26.6 Å². The lowest BCUT2D eigenvalue weighted by atomic mass is 10.00. The van der Waals surface area contributed by atoms with Crippen molar-refractivity contribution < 1.29 is 4.57 Å². The van der Waals surface area contributed by atoms with E-state index in [9.17, 15) is 0 Å². The zero-order valence-corrected chi connectivity index (χ0v) is 18.8. The molecule has 3 aromatic heterocycles. The summed E-state index contributed by atoms with van der Waals surface area (Å²) in [4.78, 5) is 2.52. The van der Waals surface area contributed by atoms with Gasteiger partial charge < -0.3 is 4.40 Å². The standard InChI is InChI=1S/C29H21N2S/c1-18-11-13-23-22-14-12-21(32-20-8-4-3-5-9-20)17-25(22)31-24-10-6-7-19-15-16-30(2)29(27(19)24)26(18)28(23)31/h3-17H,1-2H3/q+1. The van der Waals surface area contributed by atoms with Crippen LogP contribution in [-0.2, 0) is 7.05 Å². The molecule has 0 atom stereocenters. The Morgan fingerprint density at radius 2 is 1.56 bits per heavy atom. The van der Waals surface area contributed by atoms with Gasteiger partial charge in [0.25, 0.3) is 0 Å². The van der Waals surface area contributed by atoms with Gasteiger partial charge in [-0.05, 0) is 48.2 Å². The third-order valence-corrected chi connectivity index (χ3v) is 7.71. The molecule has 0 saturated heterocycles. The lowest BCUT2D eigenvalue weighted by Gasteiger charge is -2.12. The molecule has 0 aliphatic heterocycles. The predicted octanol–water partition coefficient (Wildman–Crippen LogP) is 7.27. The van der Waals surface area contributed by atoms with Gasteiger partial charge in [-0.25, -0.2) is 4.57 Å². The molecule has 4 aromatic carbocycles. The maximum Gasteiger partial charge on any atom is 0.224 e. The molecule has 0 N–H and O–H groups in total. The Morgan fingerprint density at radius 3 is 2.44 bits per heavy atom. The lowest BCUT2D eigenvalue weighted by Crippen LogP contribution is -2.28. The normalized spacial score (nSPS) is 12.2. The maximum absolute atomic E-state index is 2.50. The summed E-state index contributed by atoms with van der Waals surface area (Å²) >= 11 is 1.82. The van der Waals surface area contributed by atoms with Crippen LogP contribution in [0.1, 0.15) is 5.56 Å². The SMILES string of the molecule is Cc1ccc2c3ccc(Sc4ccccc4)cc3n3c4cccc5cc[n+](C)c(c1c23)c54. The van der Waals surface area contributed by atoms with Gasteiger partial charge in [0.2, 0.25) is 5.52 Å². The Kier molecular flexibility index (Phi) is 3.65. The van der Waals surface area contributed by atoms with Gasteiger partial charge >= 0.3 is 0 Å². The second-order valence-electron chi connectivity index (χ2n) is 8.60. The molecule has 0 aliphatic carbocycles. The third-order valence-electron chi connectivity index (χ3n) is 6.71. The highest BCUT2D eigenvalue weighted by Gasteiger charge is 2.23. The van der Waals surface area contributed by atoms with Crippen LogP contribution in [0.25, 0.3) is 49.0 Å². The molecule has 3 heterocycles. The first-order valence-electron chi connectivity index (χ1n) is 10.9. The molecule has 0 spiro atoms. The summed E-state index contributed by atoms with van der Waals surface area (Å²) in [5.41, 5.74) is 6.50. The summed E-state index contributed by atoms with van der Waals surface area (Å²) in [5.74, 6) is 0. The molecular formula is C29H21N2S+. The third kappa shape index (κ3) is 2.34. The number of rotatable bonds is 2. The number of nitrogens with zero attached hydrogens (tertiary/aromatic N) is 2. The van der Waals surface area contributed by atoms with E-state index in [2.05, 4.69) is 114 Å². The van der Waals surface area contributed by atoms with Crippen LogP contribution in [0.15, 0.2) is 101 Å². The smallest absolute Gasteiger partial charge is 0.224 e. The molecule has 0 unspecified atom stereocenters. The molecule has 0 saturated carbocycles. The van der Waals surface area contributed by atoms with Crippen molar-refractivity contribution in [3.05, 3.63) is 96.7 Å². The van der Waals surface area contributed by atoms with E-state index in [0.29, 0.717) is 0 Å². The van der Waals surface area contributed by atoms with E-state index >= 15 is 0 Å². The first-order valence-corrected chi connectivity index (χ1v) is 11.8. The molecule has 0 fully saturated rings. The molecule has 3 heteroatoms. The van der Waals surface area contributed by atoms with E-state index in [4.69, 9.17) is 0 Å². The van der Waals surface area contributed by atoms with E-state index in [0.717, 1.165) is 0 Å². The van der Waals surface area contributed by atoms with Gasteiger partial charge in [0.05, 0.1) is 27.3 Å². The van der Waals surface area contributed by atoms with Crippen molar-refractivity contribution in [2.24, 2.45) is 7.05 Å². The van der Waals surface area contributed by atoms with Crippen molar-refractivity contribution in [2.75, 3.05) is 0 Å². The number of pyridine rings is 2. The van der Waals surface area contributed by atoms with Crippen LogP contribution in [0.2, 0.25) is 0 Å². The summed E-state index contributed by atoms with van der Waals surface area (Å²) < 4.78 is 4.78. The summed E-state index contributed by atoms with van der Waals surface area (Å²) in [7, 11) is 2.16. The Labute approximate surface area is 190 Å². The zero-order chi connectivity index (χ0) is 21.4. The van der Waals surface area contributed by atoms with Crippen LogP contribution in [0.3, 0.4) is 0 Å². The van der Waals surface area contributed by atoms with Gasteiger partial charge in [-0.1, -0.05) is 60.3 Å². The molecule has 0 amide bonds. The highest BCUT2D eigenvalue weighted by molar-refractivity contribution is 7.99. The minimum Gasteiger partial charge on any atom is -0.307 e. The van der Waals surface area contributed by atoms with Crippen molar-refractivity contribution in [3.63, 3.8) is 0 Å². The van der Waals surface area contributed by atoms with Crippen molar-refractivity contribution in [1.82, 2.24) is 4.40 Å². The van der Waals surface area contributed by atoms with Crippen molar-refractivity contribution in [1.29, 1.82) is 0 Å². The topological polar surface area (TPSA) is 8.29 Å². The molecule has 0 radical (unpaired) electrons. The van der Waals surface area contributed by atoms with Crippen molar-refractivity contribution >= 4 is 60.8 Å².